The van der Waals surface area contributed by atoms with Gasteiger partial charge in [-0.15, -0.1) is 0 Å². The van der Waals surface area contributed by atoms with Crippen LogP contribution in [0, 0.1) is 5.92 Å². The van der Waals surface area contributed by atoms with E-state index in [2.05, 4.69) is 24.9 Å². The summed E-state index contributed by atoms with van der Waals surface area (Å²) in [5.74, 6) is 1.16. The molecule has 33 heavy (non-hydrogen) atoms. The zero-order valence-electron chi connectivity index (χ0n) is 20.0. The molecule has 0 aliphatic carbocycles. The van der Waals surface area contributed by atoms with E-state index in [1.165, 1.54) is 5.56 Å². The van der Waals surface area contributed by atoms with Gasteiger partial charge in [-0.05, 0) is 44.1 Å². The van der Waals surface area contributed by atoms with Crippen LogP contribution in [0.4, 0.5) is 0 Å². The van der Waals surface area contributed by atoms with Crippen LogP contribution in [0.15, 0.2) is 35.3 Å². The molecule has 0 radical (unpaired) electrons. The minimum Gasteiger partial charge on any atom is -0.292 e. The van der Waals surface area contributed by atoms with Crippen molar-refractivity contribution in [2.45, 2.75) is 58.2 Å². The molecule has 0 saturated carbocycles. The molecule has 1 aliphatic rings. The summed E-state index contributed by atoms with van der Waals surface area (Å²) in [5.41, 5.74) is 3.35. The number of nitrogens with zero attached hydrogens (tertiary/aromatic N) is 5. The summed E-state index contributed by atoms with van der Waals surface area (Å²) in [4.78, 5) is 22.5. The number of piperidine rings is 1. The Balaban J connectivity index is 1.65. The van der Waals surface area contributed by atoms with Gasteiger partial charge in [-0.2, -0.15) is 0 Å². The third-order valence-electron chi connectivity index (χ3n) is 6.68. The quantitative estimate of drug-likeness (QED) is 0.550. The van der Waals surface area contributed by atoms with Crippen molar-refractivity contribution in [3.05, 3.63) is 46.5 Å². The number of aryl methyl sites for hydroxylation is 1. The van der Waals surface area contributed by atoms with Gasteiger partial charge >= 0.3 is 5.69 Å². The molecule has 1 fully saturated rings. The van der Waals surface area contributed by atoms with Gasteiger partial charge in [0.15, 0.2) is 11.5 Å². The van der Waals surface area contributed by atoms with Gasteiger partial charge in [-0.1, -0.05) is 38.1 Å². The second-order valence-corrected chi connectivity index (χ2v) is 12.0. The van der Waals surface area contributed by atoms with E-state index in [1.54, 1.807) is 40.5 Å². The average molecular weight is 472 g/mol. The topological polar surface area (TPSA) is 90.1 Å². The van der Waals surface area contributed by atoms with Crippen molar-refractivity contribution in [3.63, 3.8) is 0 Å². The highest BCUT2D eigenvalue weighted by Crippen LogP contribution is 2.28. The van der Waals surface area contributed by atoms with Crippen LogP contribution in [-0.4, -0.2) is 50.2 Å². The number of benzene rings is 1. The molecular formula is C24H33N5O3S. The molecule has 0 N–H and O–H groups in total. The van der Waals surface area contributed by atoms with E-state index < -0.39 is 15.3 Å². The summed E-state index contributed by atoms with van der Waals surface area (Å²) in [6.07, 6.45) is 3.18. The number of hydrogen-bond acceptors (Lipinski definition) is 5. The van der Waals surface area contributed by atoms with E-state index in [9.17, 15) is 13.2 Å². The molecule has 2 aromatic heterocycles. The number of imidazole rings is 1. The Bertz CT molecular complexity index is 1320. The molecular weight excluding hydrogens is 438 g/mol. The predicted molar refractivity (Wildman–Crippen MR) is 131 cm³/mol. The fourth-order valence-electron chi connectivity index (χ4n) is 4.58. The van der Waals surface area contributed by atoms with Gasteiger partial charge in [-0.3, -0.25) is 9.13 Å². The number of aromatic nitrogens is 4. The van der Waals surface area contributed by atoms with Crippen LogP contribution in [0.1, 0.15) is 52.0 Å². The fraction of sp³-hybridized carbons (Fsp3) is 0.542. The Kier molecular flexibility index (Phi) is 6.46. The molecule has 3 aromatic rings. The standard InChI is InChI=1S/C24H33N5O3S/c1-16(2)19-8-6-7-9-20(19)22-25-14-21-23(26-22)29(24(30)27(21)5)15-18-10-12-28(13-11-18)33(31,32)17(3)4/h6-9,14,16-18H,10-13,15H2,1-5H3. The first kappa shape index (κ1) is 23.6. The Morgan fingerprint density at radius 1 is 1.09 bits per heavy atom. The number of hydrogen-bond donors (Lipinski definition) is 0. The lowest BCUT2D eigenvalue weighted by atomic mass is 9.97. The van der Waals surface area contributed by atoms with Gasteiger partial charge in [0.2, 0.25) is 10.0 Å². The third-order valence-corrected chi connectivity index (χ3v) is 8.95. The number of sulfonamides is 1. The van der Waals surface area contributed by atoms with E-state index in [0.717, 1.165) is 18.4 Å². The zero-order chi connectivity index (χ0) is 23.9. The average Bonchev–Trinajstić information content (AvgIpc) is 3.03. The Labute approximate surface area is 195 Å². The largest absolute Gasteiger partial charge is 0.330 e. The van der Waals surface area contributed by atoms with E-state index in [-0.39, 0.29) is 11.6 Å². The van der Waals surface area contributed by atoms with Crippen LogP contribution in [-0.2, 0) is 23.6 Å². The van der Waals surface area contributed by atoms with Crippen molar-refractivity contribution in [1.82, 2.24) is 23.4 Å². The van der Waals surface area contributed by atoms with Crippen molar-refractivity contribution in [2.24, 2.45) is 13.0 Å². The maximum Gasteiger partial charge on any atom is 0.330 e. The summed E-state index contributed by atoms with van der Waals surface area (Å²) < 4.78 is 29.9. The molecule has 4 rings (SSSR count). The van der Waals surface area contributed by atoms with E-state index in [1.807, 2.05) is 18.2 Å². The van der Waals surface area contributed by atoms with Gasteiger partial charge in [0.25, 0.3) is 0 Å². The van der Waals surface area contributed by atoms with Crippen molar-refractivity contribution >= 4 is 21.2 Å². The molecule has 0 amide bonds. The van der Waals surface area contributed by atoms with Crippen LogP contribution in [0.5, 0.6) is 0 Å². The normalized spacial score (nSPS) is 16.3. The zero-order valence-corrected chi connectivity index (χ0v) is 20.8. The Hall–Kier alpha value is -2.52. The predicted octanol–water partition coefficient (Wildman–Crippen LogP) is 3.37. The van der Waals surface area contributed by atoms with Gasteiger partial charge < -0.3 is 0 Å². The van der Waals surface area contributed by atoms with Gasteiger partial charge in [0.05, 0.1) is 11.4 Å². The maximum atomic E-state index is 13.0. The molecule has 3 heterocycles. The summed E-state index contributed by atoms with van der Waals surface area (Å²) in [5, 5.41) is -0.418. The Morgan fingerprint density at radius 3 is 2.39 bits per heavy atom. The Morgan fingerprint density at radius 2 is 1.76 bits per heavy atom. The van der Waals surface area contributed by atoms with Crippen LogP contribution in [0.3, 0.4) is 0 Å². The molecule has 0 spiro atoms. The molecule has 0 unspecified atom stereocenters. The van der Waals surface area contributed by atoms with Crippen LogP contribution < -0.4 is 5.69 Å². The monoisotopic (exact) mass is 471 g/mol. The first-order chi connectivity index (χ1) is 15.6. The first-order valence-corrected chi connectivity index (χ1v) is 13.1. The molecule has 9 heteroatoms. The molecule has 8 nitrogen and oxygen atoms in total. The minimum absolute atomic E-state index is 0.120. The number of fused-ring (bicyclic) bond motifs is 1. The van der Waals surface area contributed by atoms with Crippen molar-refractivity contribution in [1.29, 1.82) is 0 Å². The SMILES string of the molecule is CC(C)c1ccccc1-c1ncc2c(n1)n(CC1CCN(S(=O)(=O)C(C)C)CC1)c(=O)n2C. The fourth-order valence-corrected chi connectivity index (χ4v) is 5.89. The second-order valence-electron chi connectivity index (χ2n) is 9.53. The van der Waals surface area contributed by atoms with Crippen LogP contribution >= 0.6 is 0 Å². The highest BCUT2D eigenvalue weighted by Gasteiger charge is 2.31. The minimum atomic E-state index is -3.24. The van der Waals surface area contributed by atoms with E-state index in [0.29, 0.717) is 42.5 Å². The highest BCUT2D eigenvalue weighted by atomic mass is 32.2. The van der Waals surface area contributed by atoms with Gasteiger partial charge in [-0.25, -0.2) is 27.5 Å². The summed E-state index contributed by atoms with van der Waals surface area (Å²) in [6, 6.07) is 8.10. The third kappa shape index (κ3) is 4.36. The summed E-state index contributed by atoms with van der Waals surface area (Å²) in [6.45, 7) is 9.22. The van der Waals surface area contributed by atoms with E-state index in [4.69, 9.17) is 4.98 Å². The van der Waals surface area contributed by atoms with Gasteiger partial charge in [0, 0.05) is 32.2 Å². The first-order valence-electron chi connectivity index (χ1n) is 11.6. The van der Waals surface area contributed by atoms with Crippen molar-refractivity contribution < 1.29 is 8.42 Å². The maximum absolute atomic E-state index is 13.0. The lowest BCUT2D eigenvalue weighted by Crippen LogP contribution is -2.42. The smallest absolute Gasteiger partial charge is 0.292 e. The van der Waals surface area contributed by atoms with Crippen molar-refractivity contribution in [2.75, 3.05) is 13.1 Å². The lowest BCUT2D eigenvalue weighted by Gasteiger charge is -2.32. The van der Waals surface area contributed by atoms with Gasteiger partial charge in [0.1, 0.15) is 5.52 Å². The second kappa shape index (κ2) is 9.02. The van der Waals surface area contributed by atoms with E-state index >= 15 is 0 Å². The molecule has 0 bridgehead atoms. The summed E-state index contributed by atoms with van der Waals surface area (Å²) >= 11 is 0. The molecule has 0 atom stereocenters. The van der Waals surface area contributed by atoms with Crippen LogP contribution in [0.25, 0.3) is 22.6 Å². The highest BCUT2D eigenvalue weighted by molar-refractivity contribution is 7.89. The molecule has 1 aromatic carbocycles. The molecule has 1 saturated heterocycles. The van der Waals surface area contributed by atoms with Crippen molar-refractivity contribution in [3.8, 4) is 11.4 Å². The lowest BCUT2D eigenvalue weighted by molar-refractivity contribution is 0.251. The summed E-state index contributed by atoms with van der Waals surface area (Å²) in [7, 11) is -1.50. The van der Waals surface area contributed by atoms with Crippen LogP contribution in [0.2, 0.25) is 0 Å². The molecule has 178 valence electrons. The molecule has 1 aliphatic heterocycles. The number of rotatable bonds is 6.